The molecule has 0 fully saturated rings. The zero-order chi connectivity index (χ0) is 16.0. The molecule has 0 aliphatic carbocycles. The topological polar surface area (TPSA) is 40.5 Å². The van der Waals surface area contributed by atoms with Gasteiger partial charge in [0, 0.05) is 24.6 Å². The van der Waals surface area contributed by atoms with Crippen molar-refractivity contribution in [3.05, 3.63) is 70.8 Å². The molecule has 0 spiro atoms. The Morgan fingerprint density at radius 3 is 2.43 bits per heavy atom. The SMILES string of the molecule is CC[C@@H](CO)[C@@H]1CN2C(=O)c3ccccc3[C@H]2c2ccccc21. The zero-order valence-corrected chi connectivity index (χ0v) is 13.3. The Morgan fingerprint density at radius 2 is 1.74 bits per heavy atom. The summed E-state index contributed by atoms with van der Waals surface area (Å²) in [7, 11) is 0. The van der Waals surface area contributed by atoms with Crippen molar-refractivity contribution in [1.82, 2.24) is 4.90 Å². The lowest BCUT2D eigenvalue weighted by Gasteiger charge is -2.40. The molecule has 2 aliphatic heterocycles. The molecule has 3 heteroatoms. The molecule has 1 N–H and O–H groups in total. The summed E-state index contributed by atoms with van der Waals surface area (Å²) in [6, 6.07) is 16.4. The van der Waals surface area contributed by atoms with Gasteiger partial charge in [-0.2, -0.15) is 0 Å². The van der Waals surface area contributed by atoms with E-state index in [-0.39, 0.29) is 30.4 Å². The van der Waals surface area contributed by atoms with Gasteiger partial charge in [-0.05, 0) is 28.7 Å². The number of carbonyl (C=O) groups excluding carboxylic acids is 1. The summed E-state index contributed by atoms with van der Waals surface area (Å²) in [5, 5.41) is 9.78. The van der Waals surface area contributed by atoms with Crippen LogP contribution in [0.3, 0.4) is 0 Å². The lowest BCUT2D eigenvalue weighted by Crippen LogP contribution is -2.40. The number of hydrogen-bond acceptors (Lipinski definition) is 2. The highest BCUT2D eigenvalue weighted by atomic mass is 16.3. The minimum atomic E-state index is 0.0300. The van der Waals surface area contributed by atoms with Crippen molar-refractivity contribution in [1.29, 1.82) is 0 Å². The first-order valence-corrected chi connectivity index (χ1v) is 8.35. The van der Waals surface area contributed by atoms with E-state index in [1.54, 1.807) is 0 Å². The number of aliphatic hydroxyl groups excluding tert-OH is 1. The first kappa shape index (κ1) is 14.5. The van der Waals surface area contributed by atoms with Crippen molar-refractivity contribution in [2.75, 3.05) is 13.2 Å². The third-order valence-electron chi connectivity index (χ3n) is 5.47. The normalized spacial score (nSPS) is 23.2. The molecule has 0 unspecified atom stereocenters. The smallest absolute Gasteiger partial charge is 0.255 e. The van der Waals surface area contributed by atoms with Gasteiger partial charge in [-0.15, -0.1) is 0 Å². The molecular weight excluding hydrogens is 286 g/mol. The lowest BCUT2D eigenvalue weighted by atomic mass is 9.77. The predicted octanol–water partition coefficient (Wildman–Crippen LogP) is 3.35. The van der Waals surface area contributed by atoms with E-state index in [2.05, 4.69) is 31.2 Å². The molecular formula is C20H21NO2. The van der Waals surface area contributed by atoms with Gasteiger partial charge < -0.3 is 10.0 Å². The Bertz CT molecular complexity index is 751. The van der Waals surface area contributed by atoms with Gasteiger partial charge in [-0.1, -0.05) is 55.8 Å². The maximum Gasteiger partial charge on any atom is 0.255 e. The summed E-state index contributed by atoms with van der Waals surface area (Å²) in [6.45, 7) is 2.96. The number of aliphatic hydroxyl groups is 1. The van der Waals surface area contributed by atoms with Crippen LogP contribution in [0.1, 0.15) is 52.4 Å². The fourth-order valence-electron chi connectivity index (χ4n) is 4.25. The summed E-state index contributed by atoms with van der Waals surface area (Å²) < 4.78 is 0. The largest absolute Gasteiger partial charge is 0.396 e. The van der Waals surface area contributed by atoms with Crippen LogP contribution in [0.4, 0.5) is 0 Å². The molecule has 4 rings (SSSR count). The first-order valence-electron chi connectivity index (χ1n) is 8.35. The van der Waals surface area contributed by atoms with Gasteiger partial charge in [-0.3, -0.25) is 4.79 Å². The number of hydrogen-bond donors (Lipinski definition) is 1. The van der Waals surface area contributed by atoms with Crippen molar-refractivity contribution >= 4 is 5.91 Å². The molecule has 0 bridgehead atoms. The van der Waals surface area contributed by atoms with Gasteiger partial charge in [0.25, 0.3) is 5.91 Å². The zero-order valence-electron chi connectivity index (χ0n) is 13.3. The van der Waals surface area contributed by atoms with Gasteiger partial charge in [0.05, 0.1) is 6.04 Å². The van der Waals surface area contributed by atoms with E-state index in [1.165, 1.54) is 11.1 Å². The fraction of sp³-hybridized carbons (Fsp3) is 0.350. The molecule has 0 saturated carbocycles. The second kappa shape index (κ2) is 5.50. The van der Waals surface area contributed by atoms with Crippen LogP contribution in [-0.4, -0.2) is 29.1 Å². The third kappa shape index (κ3) is 2.03. The van der Waals surface area contributed by atoms with E-state index in [4.69, 9.17) is 0 Å². The number of carbonyl (C=O) groups is 1. The van der Waals surface area contributed by atoms with E-state index in [9.17, 15) is 9.90 Å². The average Bonchev–Trinajstić information content (AvgIpc) is 2.89. The molecule has 118 valence electrons. The molecule has 0 radical (unpaired) electrons. The number of benzene rings is 2. The highest BCUT2D eigenvalue weighted by Crippen LogP contribution is 2.47. The van der Waals surface area contributed by atoms with E-state index in [0.717, 1.165) is 17.5 Å². The van der Waals surface area contributed by atoms with Crippen molar-refractivity contribution in [2.45, 2.75) is 25.3 Å². The van der Waals surface area contributed by atoms with Gasteiger partial charge in [0.15, 0.2) is 0 Å². The molecule has 2 aromatic rings. The maximum absolute atomic E-state index is 12.8. The quantitative estimate of drug-likeness (QED) is 0.944. The summed E-state index contributed by atoms with van der Waals surface area (Å²) in [6.07, 6.45) is 0.912. The van der Waals surface area contributed by atoms with Crippen molar-refractivity contribution in [3.63, 3.8) is 0 Å². The van der Waals surface area contributed by atoms with E-state index in [1.807, 2.05) is 29.2 Å². The molecule has 2 aliphatic rings. The van der Waals surface area contributed by atoms with Crippen LogP contribution in [-0.2, 0) is 0 Å². The van der Waals surface area contributed by atoms with Crippen LogP contribution >= 0.6 is 0 Å². The molecule has 2 heterocycles. The summed E-state index contributed by atoms with van der Waals surface area (Å²) >= 11 is 0. The van der Waals surface area contributed by atoms with Crippen molar-refractivity contribution < 1.29 is 9.90 Å². The monoisotopic (exact) mass is 307 g/mol. The Labute approximate surface area is 136 Å². The Hall–Kier alpha value is -2.13. The Balaban J connectivity index is 1.88. The molecule has 3 atom stereocenters. The molecule has 23 heavy (non-hydrogen) atoms. The van der Waals surface area contributed by atoms with E-state index < -0.39 is 0 Å². The fourth-order valence-corrected chi connectivity index (χ4v) is 4.25. The van der Waals surface area contributed by atoms with Gasteiger partial charge in [-0.25, -0.2) is 0 Å². The number of nitrogens with zero attached hydrogens (tertiary/aromatic N) is 1. The summed E-state index contributed by atoms with van der Waals surface area (Å²) in [5.74, 6) is 0.516. The average molecular weight is 307 g/mol. The van der Waals surface area contributed by atoms with Crippen LogP contribution in [0.25, 0.3) is 0 Å². The number of fused-ring (bicyclic) bond motifs is 5. The van der Waals surface area contributed by atoms with Crippen LogP contribution in [0, 0.1) is 5.92 Å². The molecule has 0 aromatic heterocycles. The Kier molecular flexibility index (Phi) is 3.46. The van der Waals surface area contributed by atoms with Crippen LogP contribution in [0.2, 0.25) is 0 Å². The highest BCUT2D eigenvalue weighted by molar-refractivity contribution is 6.00. The molecule has 1 amide bonds. The first-order chi connectivity index (χ1) is 11.3. The Morgan fingerprint density at radius 1 is 1.09 bits per heavy atom. The molecule has 3 nitrogen and oxygen atoms in total. The maximum atomic E-state index is 12.8. The van der Waals surface area contributed by atoms with Crippen molar-refractivity contribution in [2.24, 2.45) is 5.92 Å². The minimum Gasteiger partial charge on any atom is -0.396 e. The summed E-state index contributed by atoms with van der Waals surface area (Å²) in [4.78, 5) is 14.8. The minimum absolute atomic E-state index is 0.0300. The van der Waals surface area contributed by atoms with E-state index in [0.29, 0.717) is 6.54 Å². The predicted molar refractivity (Wildman–Crippen MR) is 89.4 cm³/mol. The van der Waals surface area contributed by atoms with Gasteiger partial charge in [0.1, 0.15) is 0 Å². The second-order valence-corrected chi connectivity index (χ2v) is 6.53. The van der Waals surface area contributed by atoms with Crippen molar-refractivity contribution in [3.8, 4) is 0 Å². The standard InChI is InChI=1S/C20H21NO2/c1-2-13(12-22)18-11-21-19(15-8-4-3-7-14(15)18)16-9-5-6-10-17(16)20(21)23/h3-10,13,18-19,22H,2,11-12H2,1H3/t13-,18-,19+/m0/s1. The molecule has 2 aromatic carbocycles. The lowest BCUT2D eigenvalue weighted by molar-refractivity contribution is 0.0680. The van der Waals surface area contributed by atoms with Gasteiger partial charge >= 0.3 is 0 Å². The van der Waals surface area contributed by atoms with Crippen LogP contribution in [0.5, 0.6) is 0 Å². The number of amides is 1. The van der Waals surface area contributed by atoms with Crippen LogP contribution < -0.4 is 0 Å². The van der Waals surface area contributed by atoms with E-state index >= 15 is 0 Å². The highest BCUT2D eigenvalue weighted by Gasteiger charge is 2.44. The van der Waals surface area contributed by atoms with Crippen LogP contribution in [0.15, 0.2) is 48.5 Å². The molecule has 0 saturated heterocycles. The second-order valence-electron chi connectivity index (χ2n) is 6.53. The summed E-state index contributed by atoms with van der Waals surface area (Å²) in [5.41, 5.74) is 4.44. The van der Waals surface area contributed by atoms with Gasteiger partial charge in [0.2, 0.25) is 0 Å². The third-order valence-corrected chi connectivity index (χ3v) is 5.47. The number of rotatable bonds is 3.